The molecule has 0 radical (unpaired) electrons. The number of benzene rings is 1. The van der Waals surface area contributed by atoms with Gasteiger partial charge in [-0.3, -0.25) is 0 Å². The molecule has 0 aliphatic carbocycles. The van der Waals surface area contributed by atoms with Crippen molar-refractivity contribution in [1.29, 1.82) is 0 Å². The molecule has 1 aliphatic heterocycles. The van der Waals surface area contributed by atoms with Crippen LogP contribution in [0, 0.1) is 12.8 Å². The molecule has 0 saturated carbocycles. The molecule has 134 valence electrons. The van der Waals surface area contributed by atoms with Crippen LogP contribution < -0.4 is 20.5 Å². The highest BCUT2D eigenvalue weighted by molar-refractivity contribution is 5.77. The van der Waals surface area contributed by atoms with Gasteiger partial charge >= 0.3 is 0 Å². The van der Waals surface area contributed by atoms with E-state index in [1.807, 2.05) is 19.9 Å². The maximum atomic E-state index is 10.2. The van der Waals surface area contributed by atoms with E-state index in [-0.39, 0.29) is 12.0 Å². The van der Waals surface area contributed by atoms with Crippen LogP contribution in [0.4, 0.5) is 5.69 Å². The standard InChI is InChI=1S/C19H30N2O3/c1-5-7-14(17(22)6-2)11-21-13(4)15-10-16(20)12(3)18-19(15)24-9-8-23-18/h10,14,17,21-22H,4-9,11,20H2,1-3H3/t14-,17+/m0/s1. The van der Waals surface area contributed by atoms with E-state index in [9.17, 15) is 5.11 Å². The van der Waals surface area contributed by atoms with Crippen LogP contribution in [0.5, 0.6) is 11.5 Å². The van der Waals surface area contributed by atoms with Gasteiger partial charge in [-0.15, -0.1) is 0 Å². The van der Waals surface area contributed by atoms with Gasteiger partial charge in [0.2, 0.25) is 0 Å². The lowest BCUT2D eigenvalue weighted by Gasteiger charge is -2.26. The van der Waals surface area contributed by atoms with Crippen LogP contribution in [0.1, 0.15) is 44.2 Å². The minimum atomic E-state index is -0.304. The van der Waals surface area contributed by atoms with Gasteiger partial charge in [-0.05, 0) is 25.8 Å². The average molecular weight is 334 g/mol. The SMILES string of the molecule is C=C(NC[C@H](CCC)[C@H](O)CC)c1cc(N)c(C)c2c1OCCO2. The highest BCUT2D eigenvalue weighted by Crippen LogP contribution is 2.42. The quantitative estimate of drug-likeness (QED) is 0.637. The predicted octanol–water partition coefficient (Wildman–Crippen LogP) is 3.10. The molecule has 2 rings (SSSR count). The molecule has 0 amide bonds. The molecule has 1 aliphatic rings. The number of anilines is 1. The van der Waals surface area contributed by atoms with Gasteiger partial charge in [-0.1, -0.05) is 26.8 Å². The summed E-state index contributed by atoms with van der Waals surface area (Å²) in [7, 11) is 0. The number of rotatable bonds is 8. The number of ether oxygens (including phenoxy) is 2. The van der Waals surface area contributed by atoms with Gasteiger partial charge < -0.3 is 25.6 Å². The number of nitrogens with one attached hydrogen (secondary N) is 1. The molecule has 24 heavy (non-hydrogen) atoms. The van der Waals surface area contributed by atoms with E-state index in [1.54, 1.807) is 0 Å². The Kier molecular flexibility index (Phi) is 6.37. The summed E-state index contributed by atoms with van der Waals surface area (Å²) in [4.78, 5) is 0. The van der Waals surface area contributed by atoms with Gasteiger partial charge in [-0.25, -0.2) is 0 Å². The topological polar surface area (TPSA) is 76.7 Å². The maximum Gasteiger partial charge on any atom is 0.171 e. The minimum Gasteiger partial charge on any atom is -0.486 e. The fourth-order valence-corrected chi connectivity index (χ4v) is 3.07. The number of nitrogens with two attached hydrogens (primary N) is 1. The van der Waals surface area contributed by atoms with Crippen molar-refractivity contribution < 1.29 is 14.6 Å². The lowest BCUT2D eigenvalue weighted by atomic mass is 9.95. The number of hydrogen-bond donors (Lipinski definition) is 3. The van der Waals surface area contributed by atoms with Crippen LogP contribution in [0.25, 0.3) is 5.70 Å². The molecule has 0 bridgehead atoms. The Hall–Kier alpha value is -1.88. The lowest BCUT2D eigenvalue weighted by Crippen LogP contribution is -2.30. The van der Waals surface area contributed by atoms with Gasteiger partial charge in [0.1, 0.15) is 13.2 Å². The van der Waals surface area contributed by atoms with Crippen molar-refractivity contribution in [2.24, 2.45) is 5.92 Å². The summed E-state index contributed by atoms with van der Waals surface area (Å²) in [6.07, 6.45) is 2.47. The zero-order chi connectivity index (χ0) is 17.7. The van der Waals surface area contributed by atoms with Crippen molar-refractivity contribution in [2.75, 3.05) is 25.5 Å². The molecular weight excluding hydrogens is 304 g/mol. The Bertz CT molecular complexity index is 586. The summed E-state index contributed by atoms with van der Waals surface area (Å²) in [5.41, 5.74) is 9.24. The molecule has 1 heterocycles. The van der Waals surface area contributed by atoms with Crippen LogP contribution in [0.2, 0.25) is 0 Å². The summed E-state index contributed by atoms with van der Waals surface area (Å²) in [5.74, 6) is 1.61. The zero-order valence-electron chi connectivity index (χ0n) is 15.0. The van der Waals surface area contributed by atoms with E-state index in [1.165, 1.54) is 0 Å². The third-order valence-corrected chi connectivity index (χ3v) is 4.63. The molecule has 0 fully saturated rings. The molecule has 5 nitrogen and oxygen atoms in total. The Morgan fingerprint density at radius 2 is 2.00 bits per heavy atom. The summed E-state index contributed by atoms with van der Waals surface area (Å²) in [6, 6.07) is 1.88. The van der Waals surface area contributed by atoms with E-state index in [0.29, 0.717) is 36.9 Å². The molecule has 5 heteroatoms. The normalized spacial score (nSPS) is 15.7. The second kappa shape index (κ2) is 8.29. The van der Waals surface area contributed by atoms with E-state index in [2.05, 4.69) is 18.8 Å². The second-order valence-electron chi connectivity index (χ2n) is 6.38. The second-order valence-corrected chi connectivity index (χ2v) is 6.38. The van der Waals surface area contributed by atoms with E-state index >= 15 is 0 Å². The van der Waals surface area contributed by atoms with Crippen molar-refractivity contribution in [3.8, 4) is 11.5 Å². The molecule has 0 unspecified atom stereocenters. The first kappa shape index (κ1) is 18.5. The molecule has 4 N–H and O–H groups in total. The first-order valence-corrected chi connectivity index (χ1v) is 8.79. The first-order chi connectivity index (χ1) is 11.5. The fraction of sp³-hybridized carbons (Fsp3) is 0.579. The van der Waals surface area contributed by atoms with E-state index < -0.39 is 0 Å². The van der Waals surface area contributed by atoms with Crippen LogP contribution in [0.3, 0.4) is 0 Å². The van der Waals surface area contributed by atoms with Gasteiger partial charge in [0.15, 0.2) is 11.5 Å². The summed E-state index contributed by atoms with van der Waals surface area (Å²) >= 11 is 0. The van der Waals surface area contributed by atoms with Crippen LogP contribution in [-0.2, 0) is 0 Å². The van der Waals surface area contributed by atoms with Crippen LogP contribution in [-0.4, -0.2) is 31.0 Å². The molecular formula is C19H30N2O3. The zero-order valence-corrected chi connectivity index (χ0v) is 15.0. The van der Waals surface area contributed by atoms with Crippen molar-refractivity contribution in [1.82, 2.24) is 5.32 Å². The highest BCUT2D eigenvalue weighted by Gasteiger charge is 2.23. The van der Waals surface area contributed by atoms with Crippen molar-refractivity contribution in [3.05, 3.63) is 23.8 Å². The summed E-state index contributed by atoms with van der Waals surface area (Å²) in [5, 5.41) is 13.5. The van der Waals surface area contributed by atoms with Gasteiger partial charge in [0.05, 0.1) is 6.10 Å². The molecule has 0 spiro atoms. The molecule has 2 atom stereocenters. The first-order valence-electron chi connectivity index (χ1n) is 8.79. The largest absolute Gasteiger partial charge is 0.486 e. The van der Waals surface area contributed by atoms with Gasteiger partial charge in [-0.2, -0.15) is 0 Å². The number of fused-ring (bicyclic) bond motifs is 1. The predicted molar refractivity (Wildman–Crippen MR) is 98.3 cm³/mol. The molecule has 1 aromatic carbocycles. The summed E-state index contributed by atoms with van der Waals surface area (Å²) < 4.78 is 11.5. The average Bonchev–Trinajstić information content (AvgIpc) is 2.60. The monoisotopic (exact) mass is 334 g/mol. The minimum absolute atomic E-state index is 0.201. The maximum absolute atomic E-state index is 10.2. The van der Waals surface area contributed by atoms with Crippen LogP contribution >= 0.6 is 0 Å². The number of aliphatic hydroxyl groups is 1. The van der Waals surface area contributed by atoms with E-state index in [0.717, 1.165) is 36.1 Å². The number of aliphatic hydroxyl groups excluding tert-OH is 1. The Morgan fingerprint density at radius 1 is 1.33 bits per heavy atom. The lowest BCUT2D eigenvalue weighted by molar-refractivity contribution is 0.0995. The van der Waals surface area contributed by atoms with Crippen molar-refractivity contribution in [3.63, 3.8) is 0 Å². The summed E-state index contributed by atoms with van der Waals surface area (Å²) in [6.45, 7) is 11.9. The van der Waals surface area contributed by atoms with E-state index in [4.69, 9.17) is 15.2 Å². The Labute approximate surface area is 144 Å². The highest BCUT2D eigenvalue weighted by atomic mass is 16.6. The number of nitrogen functional groups attached to an aromatic ring is 1. The molecule has 0 aromatic heterocycles. The third kappa shape index (κ3) is 3.96. The molecule has 0 saturated heterocycles. The smallest absolute Gasteiger partial charge is 0.171 e. The Morgan fingerprint density at radius 3 is 2.62 bits per heavy atom. The molecule has 1 aromatic rings. The third-order valence-electron chi connectivity index (χ3n) is 4.63. The Balaban J connectivity index is 2.16. The van der Waals surface area contributed by atoms with Crippen LogP contribution in [0.15, 0.2) is 12.6 Å². The number of hydrogen-bond acceptors (Lipinski definition) is 5. The van der Waals surface area contributed by atoms with Gasteiger partial charge in [0.25, 0.3) is 0 Å². The van der Waals surface area contributed by atoms with Crippen molar-refractivity contribution in [2.45, 2.75) is 46.1 Å². The van der Waals surface area contributed by atoms with Crippen molar-refractivity contribution >= 4 is 11.4 Å². The fourth-order valence-electron chi connectivity index (χ4n) is 3.07. The van der Waals surface area contributed by atoms with Gasteiger partial charge in [0, 0.05) is 35.0 Å².